The number of hydrogen-bond donors (Lipinski definition) is 0. The maximum Gasteiger partial charge on any atom is 0.135 e. The molecular weight excluding hydrogens is 442 g/mol. The van der Waals surface area contributed by atoms with Crippen LogP contribution in [0, 0.1) is 6.92 Å². The Bertz CT molecular complexity index is 2070. The van der Waals surface area contributed by atoms with Crippen LogP contribution in [0.4, 0.5) is 0 Å². The van der Waals surface area contributed by atoms with Gasteiger partial charge in [0.15, 0.2) is 0 Å². The Hall–Kier alpha value is -4.83. The molecule has 0 radical (unpaired) electrons. The quantitative estimate of drug-likeness (QED) is 0.258. The number of nitrogens with zero attached hydrogens (tertiary/aromatic N) is 3. The maximum absolute atomic E-state index is 6.26. The fraction of sp³-hybridized carbons (Fsp3) is 0.0312. The van der Waals surface area contributed by atoms with E-state index < -0.39 is 0 Å². The first-order valence-electron chi connectivity index (χ1n) is 12.2. The fourth-order valence-corrected chi connectivity index (χ4v) is 5.70. The average Bonchev–Trinajstić information content (AvgIpc) is 3.56. The van der Waals surface area contributed by atoms with Crippen molar-refractivity contribution in [3.63, 3.8) is 0 Å². The van der Waals surface area contributed by atoms with Crippen molar-refractivity contribution in [1.29, 1.82) is 0 Å². The van der Waals surface area contributed by atoms with E-state index in [2.05, 4.69) is 119 Å². The van der Waals surface area contributed by atoms with E-state index in [1.54, 1.807) is 0 Å². The Morgan fingerprint density at radius 3 is 1.69 bits per heavy atom. The zero-order valence-electron chi connectivity index (χ0n) is 19.6. The van der Waals surface area contributed by atoms with Crippen molar-refractivity contribution in [2.45, 2.75) is 6.92 Å². The van der Waals surface area contributed by atoms with Gasteiger partial charge in [-0.2, -0.15) is 0 Å². The van der Waals surface area contributed by atoms with Crippen LogP contribution in [0.25, 0.3) is 66.2 Å². The normalized spacial score (nSPS) is 12.0. The van der Waals surface area contributed by atoms with Crippen LogP contribution in [0.2, 0.25) is 0 Å². The van der Waals surface area contributed by atoms with Gasteiger partial charge in [0.25, 0.3) is 0 Å². The summed E-state index contributed by atoms with van der Waals surface area (Å²) < 4.78 is 10.8. The van der Waals surface area contributed by atoms with Gasteiger partial charge in [-0.05, 0) is 67.6 Å². The fourth-order valence-electron chi connectivity index (χ4n) is 5.70. The molecule has 5 aromatic carbocycles. The second-order valence-corrected chi connectivity index (χ2v) is 9.32. The van der Waals surface area contributed by atoms with Crippen LogP contribution in [0.1, 0.15) is 5.82 Å². The van der Waals surface area contributed by atoms with Crippen molar-refractivity contribution in [1.82, 2.24) is 14.1 Å². The monoisotopic (exact) mass is 463 g/mol. The molecule has 0 aliphatic heterocycles. The summed E-state index contributed by atoms with van der Waals surface area (Å²) in [5.41, 5.74) is 8.48. The number of imidazole rings is 1. The van der Waals surface area contributed by atoms with Crippen molar-refractivity contribution < 1.29 is 4.42 Å². The first-order chi connectivity index (χ1) is 17.8. The van der Waals surface area contributed by atoms with Gasteiger partial charge in [-0.25, -0.2) is 4.98 Å². The molecule has 0 saturated carbocycles. The molecule has 0 N–H and O–H groups in total. The summed E-state index contributed by atoms with van der Waals surface area (Å²) in [6, 6.07) is 38.4. The summed E-state index contributed by atoms with van der Waals surface area (Å²) >= 11 is 0. The van der Waals surface area contributed by atoms with E-state index in [1.165, 1.54) is 21.8 Å². The molecule has 3 aromatic heterocycles. The molecule has 0 unspecified atom stereocenters. The third-order valence-corrected chi connectivity index (χ3v) is 7.26. The highest BCUT2D eigenvalue weighted by Gasteiger charge is 2.15. The molecule has 4 heteroatoms. The molecule has 0 saturated heterocycles. The summed E-state index contributed by atoms with van der Waals surface area (Å²) in [6.07, 6.45) is 0. The van der Waals surface area contributed by atoms with E-state index in [0.29, 0.717) is 0 Å². The van der Waals surface area contributed by atoms with Crippen molar-refractivity contribution in [3.05, 3.63) is 115 Å². The second-order valence-electron chi connectivity index (χ2n) is 9.32. The Balaban J connectivity index is 1.40. The van der Waals surface area contributed by atoms with Crippen LogP contribution in [0.5, 0.6) is 0 Å². The molecule has 0 bridgehead atoms. The average molecular weight is 464 g/mol. The molecule has 0 aliphatic rings. The lowest BCUT2D eigenvalue weighted by Gasteiger charge is -2.08. The Morgan fingerprint density at radius 1 is 0.528 bits per heavy atom. The lowest BCUT2D eigenvalue weighted by atomic mass is 10.1. The summed E-state index contributed by atoms with van der Waals surface area (Å²) in [4.78, 5) is 4.76. The lowest BCUT2D eigenvalue weighted by molar-refractivity contribution is 0.668. The number of fused-ring (bicyclic) bond motifs is 7. The first kappa shape index (κ1) is 19.5. The number of aryl methyl sites for hydroxylation is 1. The van der Waals surface area contributed by atoms with Gasteiger partial charge >= 0.3 is 0 Å². The van der Waals surface area contributed by atoms with E-state index >= 15 is 0 Å². The van der Waals surface area contributed by atoms with Gasteiger partial charge in [-0.3, -0.25) is 4.57 Å². The predicted molar refractivity (Wildman–Crippen MR) is 147 cm³/mol. The summed E-state index contributed by atoms with van der Waals surface area (Å²) in [5.74, 6) is 0.967. The van der Waals surface area contributed by atoms with E-state index in [9.17, 15) is 0 Å². The van der Waals surface area contributed by atoms with Crippen molar-refractivity contribution >= 4 is 54.8 Å². The van der Waals surface area contributed by atoms with Crippen LogP contribution in [-0.2, 0) is 0 Å². The number of aromatic nitrogens is 3. The van der Waals surface area contributed by atoms with E-state index in [0.717, 1.165) is 50.2 Å². The van der Waals surface area contributed by atoms with Gasteiger partial charge in [-0.1, -0.05) is 48.5 Å². The Labute approximate surface area is 206 Å². The third-order valence-electron chi connectivity index (χ3n) is 7.26. The second kappa shape index (κ2) is 7.09. The summed E-state index contributed by atoms with van der Waals surface area (Å²) in [5, 5.41) is 4.72. The molecule has 4 nitrogen and oxygen atoms in total. The van der Waals surface area contributed by atoms with Crippen LogP contribution >= 0.6 is 0 Å². The predicted octanol–water partition coefficient (Wildman–Crippen LogP) is 8.33. The minimum absolute atomic E-state index is 0.884. The van der Waals surface area contributed by atoms with Crippen molar-refractivity contribution in [3.8, 4) is 11.4 Å². The first-order valence-corrected chi connectivity index (χ1v) is 12.2. The molecular formula is C32H21N3O. The lowest BCUT2D eigenvalue weighted by Crippen LogP contribution is -1.96. The maximum atomic E-state index is 6.26. The highest BCUT2D eigenvalue weighted by molar-refractivity contribution is 6.10. The Kier molecular flexibility index (Phi) is 3.84. The molecule has 0 aliphatic carbocycles. The van der Waals surface area contributed by atoms with E-state index in [4.69, 9.17) is 9.40 Å². The third kappa shape index (κ3) is 2.61. The standard InChI is InChI=1S/C32H21N3O/c1-20-33-27-10-4-7-13-30(27)34(20)21-14-16-31-25(18-21)26-19-22(15-17-32(26)36-31)35-28-11-5-2-8-23(28)24-9-3-6-12-29(24)35/h2-19H,1H3. The SMILES string of the molecule is Cc1nc2ccccc2n1-c1ccc2oc3ccc(-n4c5ccccc5c5ccccc54)cc3c2c1. The molecule has 170 valence electrons. The van der Waals surface area contributed by atoms with Gasteiger partial charge in [0.05, 0.1) is 22.1 Å². The number of benzene rings is 5. The van der Waals surface area contributed by atoms with Gasteiger partial charge in [-0.15, -0.1) is 0 Å². The molecule has 36 heavy (non-hydrogen) atoms. The topological polar surface area (TPSA) is 35.9 Å². The zero-order chi connectivity index (χ0) is 23.8. The number of rotatable bonds is 2. The van der Waals surface area contributed by atoms with Crippen LogP contribution in [0.15, 0.2) is 114 Å². The largest absolute Gasteiger partial charge is 0.456 e. The molecule has 8 rings (SSSR count). The minimum Gasteiger partial charge on any atom is -0.456 e. The summed E-state index contributed by atoms with van der Waals surface area (Å²) in [6.45, 7) is 2.05. The van der Waals surface area contributed by atoms with Gasteiger partial charge < -0.3 is 8.98 Å². The van der Waals surface area contributed by atoms with Crippen LogP contribution in [-0.4, -0.2) is 14.1 Å². The highest BCUT2D eigenvalue weighted by atomic mass is 16.3. The zero-order valence-corrected chi connectivity index (χ0v) is 19.6. The van der Waals surface area contributed by atoms with Crippen molar-refractivity contribution in [2.24, 2.45) is 0 Å². The van der Waals surface area contributed by atoms with Crippen molar-refractivity contribution in [2.75, 3.05) is 0 Å². The highest BCUT2D eigenvalue weighted by Crippen LogP contribution is 2.36. The van der Waals surface area contributed by atoms with Gasteiger partial charge in [0, 0.05) is 32.9 Å². The molecule has 0 spiro atoms. The minimum atomic E-state index is 0.884. The van der Waals surface area contributed by atoms with E-state index in [1.807, 2.05) is 6.07 Å². The van der Waals surface area contributed by atoms with Crippen LogP contribution in [0.3, 0.4) is 0 Å². The molecule has 0 fully saturated rings. The number of hydrogen-bond acceptors (Lipinski definition) is 2. The molecule has 0 amide bonds. The van der Waals surface area contributed by atoms with Gasteiger partial charge in [0.2, 0.25) is 0 Å². The molecule has 8 aromatic rings. The van der Waals surface area contributed by atoms with E-state index in [-0.39, 0.29) is 0 Å². The number of para-hydroxylation sites is 4. The summed E-state index contributed by atoms with van der Waals surface area (Å²) in [7, 11) is 0. The number of furan rings is 1. The molecule has 3 heterocycles. The van der Waals surface area contributed by atoms with Crippen LogP contribution < -0.4 is 0 Å². The van der Waals surface area contributed by atoms with Gasteiger partial charge in [0.1, 0.15) is 17.0 Å². The smallest absolute Gasteiger partial charge is 0.135 e. The molecule has 0 atom stereocenters. The Morgan fingerprint density at radius 2 is 1.06 bits per heavy atom.